The van der Waals surface area contributed by atoms with Crippen LogP contribution in [0.4, 0.5) is 0 Å². The van der Waals surface area contributed by atoms with E-state index in [-0.39, 0.29) is 6.16 Å². The Morgan fingerprint density at radius 3 is 2.47 bits per heavy atom. The highest BCUT2D eigenvalue weighted by Crippen LogP contribution is 2.54. The Labute approximate surface area is 89.2 Å². The van der Waals surface area contributed by atoms with Gasteiger partial charge in [-0.05, 0) is 18.5 Å². The second kappa shape index (κ2) is 5.42. The Morgan fingerprint density at radius 2 is 1.93 bits per heavy atom. The van der Waals surface area contributed by atoms with E-state index in [0.717, 1.165) is 0 Å². The highest BCUT2D eigenvalue weighted by Gasteiger charge is 2.29. The lowest BCUT2D eigenvalue weighted by atomic mass is 10.2. The molecule has 0 aliphatic heterocycles. The maximum absolute atomic E-state index is 11.7. The molecule has 0 saturated carbocycles. The molecule has 2 atom stereocenters. The Morgan fingerprint density at radius 1 is 1.33 bits per heavy atom. The molecule has 4 nitrogen and oxygen atoms in total. The number of aliphatic hydroxyl groups is 1. The van der Waals surface area contributed by atoms with Crippen LogP contribution in [0.2, 0.25) is 0 Å². The molecule has 1 aromatic rings. The van der Waals surface area contributed by atoms with Crippen LogP contribution in [0.3, 0.4) is 0 Å². The SMILES string of the molecule is NCCCP(=O)(O)[C@@H](O)c1ccccc1. The Kier molecular flexibility index (Phi) is 4.48. The molecule has 1 aromatic carbocycles. The second-order valence-electron chi connectivity index (χ2n) is 3.41. The van der Waals surface area contributed by atoms with E-state index >= 15 is 0 Å². The minimum Gasteiger partial charge on any atom is -0.378 e. The number of hydrogen-bond acceptors (Lipinski definition) is 3. The third kappa shape index (κ3) is 3.43. The average Bonchev–Trinajstić information content (AvgIpc) is 2.26. The highest BCUT2D eigenvalue weighted by molar-refractivity contribution is 7.58. The minimum absolute atomic E-state index is 0.0551. The van der Waals surface area contributed by atoms with Gasteiger partial charge in [-0.1, -0.05) is 30.3 Å². The first kappa shape index (κ1) is 12.4. The molecular weight excluding hydrogens is 213 g/mol. The van der Waals surface area contributed by atoms with E-state index in [2.05, 4.69) is 0 Å². The largest absolute Gasteiger partial charge is 0.378 e. The van der Waals surface area contributed by atoms with Crippen LogP contribution in [0.15, 0.2) is 30.3 Å². The zero-order valence-electron chi connectivity index (χ0n) is 8.41. The first-order valence-corrected chi connectivity index (χ1v) is 6.74. The lowest BCUT2D eigenvalue weighted by molar-refractivity contribution is 0.234. The summed E-state index contributed by atoms with van der Waals surface area (Å²) in [6, 6.07) is 8.51. The molecule has 4 N–H and O–H groups in total. The van der Waals surface area contributed by atoms with Gasteiger partial charge in [-0.15, -0.1) is 0 Å². The van der Waals surface area contributed by atoms with E-state index in [9.17, 15) is 14.6 Å². The highest BCUT2D eigenvalue weighted by atomic mass is 31.2. The normalized spacial score (nSPS) is 17.0. The summed E-state index contributed by atoms with van der Waals surface area (Å²) in [5.41, 5.74) is 5.73. The average molecular weight is 229 g/mol. The van der Waals surface area contributed by atoms with Crippen LogP contribution >= 0.6 is 7.37 Å². The summed E-state index contributed by atoms with van der Waals surface area (Å²) in [6.07, 6.45) is 0.497. The quantitative estimate of drug-likeness (QED) is 0.664. The fourth-order valence-electron chi connectivity index (χ4n) is 1.30. The van der Waals surface area contributed by atoms with Gasteiger partial charge in [0.15, 0.2) is 5.85 Å². The van der Waals surface area contributed by atoms with Gasteiger partial charge in [0, 0.05) is 6.16 Å². The third-order valence-electron chi connectivity index (χ3n) is 2.16. The topological polar surface area (TPSA) is 83.6 Å². The molecule has 0 fully saturated rings. The Balaban J connectivity index is 2.75. The molecule has 0 heterocycles. The Hall–Kier alpha value is -0.670. The number of hydrogen-bond donors (Lipinski definition) is 3. The summed E-state index contributed by atoms with van der Waals surface area (Å²) in [5.74, 6) is -1.30. The molecule has 1 rings (SSSR count). The smallest absolute Gasteiger partial charge is 0.232 e. The van der Waals surface area contributed by atoms with E-state index < -0.39 is 13.2 Å². The zero-order valence-corrected chi connectivity index (χ0v) is 9.31. The lowest BCUT2D eigenvalue weighted by Crippen LogP contribution is -2.06. The summed E-state index contributed by atoms with van der Waals surface area (Å²) in [6.45, 7) is 0.353. The molecule has 0 aliphatic carbocycles. The molecule has 84 valence electrons. The van der Waals surface area contributed by atoms with E-state index in [1.165, 1.54) is 0 Å². The summed E-state index contributed by atoms with van der Waals surface area (Å²) in [7, 11) is -3.55. The molecular formula is C10H16NO3P. The van der Waals surface area contributed by atoms with Gasteiger partial charge in [0.1, 0.15) is 0 Å². The van der Waals surface area contributed by atoms with Gasteiger partial charge in [0.25, 0.3) is 0 Å². The van der Waals surface area contributed by atoms with Crippen molar-refractivity contribution in [3.8, 4) is 0 Å². The molecule has 5 heteroatoms. The number of rotatable bonds is 5. The van der Waals surface area contributed by atoms with Crippen molar-refractivity contribution in [1.82, 2.24) is 0 Å². The van der Waals surface area contributed by atoms with E-state index in [1.807, 2.05) is 0 Å². The van der Waals surface area contributed by atoms with Crippen molar-refractivity contribution in [3.05, 3.63) is 35.9 Å². The van der Waals surface area contributed by atoms with Crippen LogP contribution in [0.1, 0.15) is 17.8 Å². The maximum Gasteiger partial charge on any atom is 0.232 e. The van der Waals surface area contributed by atoms with E-state index in [1.54, 1.807) is 30.3 Å². The fourth-order valence-corrected chi connectivity index (χ4v) is 2.82. The summed E-state index contributed by atoms with van der Waals surface area (Å²) in [5, 5.41) is 9.72. The molecule has 0 spiro atoms. The van der Waals surface area contributed by atoms with Crippen LogP contribution in [-0.4, -0.2) is 22.7 Å². The summed E-state index contributed by atoms with van der Waals surface area (Å²) >= 11 is 0. The number of benzene rings is 1. The van der Waals surface area contributed by atoms with Gasteiger partial charge >= 0.3 is 0 Å². The first-order valence-electron chi connectivity index (χ1n) is 4.82. The van der Waals surface area contributed by atoms with E-state index in [0.29, 0.717) is 18.5 Å². The monoisotopic (exact) mass is 229 g/mol. The fraction of sp³-hybridized carbons (Fsp3) is 0.400. The van der Waals surface area contributed by atoms with Crippen molar-refractivity contribution < 1.29 is 14.6 Å². The van der Waals surface area contributed by atoms with Crippen molar-refractivity contribution in [1.29, 1.82) is 0 Å². The van der Waals surface area contributed by atoms with Crippen LogP contribution < -0.4 is 5.73 Å². The van der Waals surface area contributed by atoms with Gasteiger partial charge in [-0.25, -0.2) is 0 Å². The first-order chi connectivity index (χ1) is 7.08. The molecule has 0 bridgehead atoms. The zero-order chi connectivity index (χ0) is 11.3. The summed E-state index contributed by atoms with van der Waals surface area (Å²) < 4.78 is 11.7. The molecule has 0 saturated heterocycles. The number of aliphatic hydroxyl groups excluding tert-OH is 1. The van der Waals surface area contributed by atoms with Crippen molar-refractivity contribution in [2.24, 2.45) is 5.73 Å². The number of nitrogens with two attached hydrogens (primary N) is 1. The minimum atomic E-state index is -3.55. The second-order valence-corrected chi connectivity index (χ2v) is 5.85. The summed E-state index contributed by atoms with van der Waals surface area (Å²) in [4.78, 5) is 9.62. The molecule has 0 aliphatic rings. The lowest BCUT2D eigenvalue weighted by Gasteiger charge is -2.18. The van der Waals surface area contributed by atoms with Crippen LogP contribution in [0.25, 0.3) is 0 Å². The molecule has 0 amide bonds. The molecule has 0 radical (unpaired) electrons. The van der Waals surface area contributed by atoms with Gasteiger partial charge in [-0.3, -0.25) is 4.57 Å². The van der Waals surface area contributed by atoms with Crippen molar-refractivity contribution in [2.75, 3.05) is 12.7 Å². The molecule has 1 unspecified atom stereocenters. The maximum atomic E-state index is 11.7. The van der Waals surface area contributed by atoms with Crippen LogP contribution in [-0.2, 0) is 4.57 Å². The van der Waals surface area contributed by atoms with Crippen molar-refractivity contribution in [3.63, 3.8) is 0 Å². The van der Waals surface area contributed by atoms with Gasteiger partial charge in [-0.2, -0.15) is 0 Å². The standard InChI is InChI=1S/C10H16NO3P/c11-7-4-8-15(13,14)10(12)9-5-2-1-3-6-9/h1-3,5-6,10,12H,4,7-8,11H2,(H,13,14)/t10-/m1/s1. The van der Waals surface area contributed by atoms with E-state index in [4.69, 9.17) is 5.73 Å². The van der Waals surface area contributed by atoms with Gasteiger partial charge in [0.2, 0.25) is 7.37 Å². The predicted octanol–water partition coefficient (Wildman–Crippen LogP) is 1.30. The van der Waals surface area contributed by atoms with Gasteiger partial charge in [0.05, 0.1) is 0 Å². The van der Waals surface area contributed by atoms with Crippen molar-refractivity contribution >= 4 is 7.37 Å². The van der Waals surface area contributed by atoms with Crippen LogP contribution in [0.5, 0.6) is 0 Å². The third-order valence-corrected chi connectivity index (χ3v) is 4.18. The predicted molar refractivity (Wildman–Crippen MR) is 59.8 cm³/mol. The van der Waals surface area contributed by atoms with Gasteiger partial charge < -0.3 is 15.7 Å². The molecule has 0 aromatic heterocycles. The van der Waals surface area contributed by atoms with Crippen molar-refractivity contribution in [2.45, 2.75) is 12.3 Å². The molecule has 15 heavy (non-hydrogen) atoms. The van der Waals surface area contributed by atoms with Crippen LogP contribution in [0, 0.1) is 0 Å². The Bertz CT molecular complexity index is 342.